The number of amides is 1. The second kappa shape index (κ2) is 8.50. The number of rotatable bonds is 7. The molecule has 28 heavy (non-hydrogen) atoms. The van der Waals surface area contributed by atoms with Crippen molar-refractivity contribution in [3.05, 3.63) is 53.1 Å². The van der Waals surface area contributed by atoms with E-state index in [9.17, 15) is 9.59 Å². The summed E-state index contributed by atoms with van der Waals surface area (Å²) in [5.74, 6) is 1.05. The molecule has 1 fully saturated rings. The van der Waals surface area contributed by atoms with Crippen molar-refractivity contribution in [1.29, 1.82) is 0 Å². The molecule has 0 bridgehead atoms. The van der Waals surface area contributed by atoms with E-state index in [0.29, 0.717) is 36.9 Å². The second-order valence-electron chi connectivity index (χ2n) is 7.89. The van der Waals surface area contributed by atoms with Gasteiger partial charge in [0.25, 0.3) is 0 Å². The van der Waals surface area contributed by atoms with Crippen LogP contribution >= 0.6 is 0 Å². The molecule has 0 radical (unpaired) electrons. The minimum absolute atomic E-state index is 0.0420. The van der Waals surface area contributed by atoms with E-state index in [2.05, 4.69) is 9.97 Å². The fourth-order valence-corrected chi connectivity index (χ4v) is 3.09. The number of pyridine rings is 2. The monoisotopic (exact) mass is 381 g/mol. The largest absolute Gasteiger partial charge is 0.487 e. The number of aromatic nitrogens is 2. The fraction of sp³-hybridized carbons (Fsp3) is 0.455. The summed E-state index contributed by atoms with van der Waals surface area (Å²) in [6.07, 6.45) is 2.48. The maximum atomic E-state index is 12.6. The lowest BCUT2D eigenvalue weighted by atomic mass is 10.1. The average Bonchev–Trinajstić information content (AvgIpc) is 2.58. The van der Waals surface area contributed by atoms with E-state index in [0.717, 1.165) is 17.0 Å². The number of ether oxygens (including phenoxy) is 1. The molecule has 1 aliphatic rings. The van der Waals surface area contributed by atoms with Crippen molar-refractivity contribution >= 4 is 11.7 Å². The van der Waals surface area contributed by atoms with Gasteiger partial charge in [-0.15, -0.1) is 0 Å². The number of carbonyl (C=O) groups is 2. The van der Waals surface area contributed by atoms with Crippen LogP contribution in [-0.2, 0) is 11.2 Å². The fourth-order valence-electron chi connectivity index (χ4n) is 3.09. The molecular formula is C22H27N3O3. The molecule has 6 nitrogen and oxygen atoms in total. The molecule has 0 spiro atoms. The van der Waals surface area contributed by atoms with Crippen molar-refractivity contribution in [3.63, 3.8) is 0 Å². The Bertz CT molecular complexity index is 856. The molecule has 0 atom stereocenters. The standard InChI is InChI=1S/C22H27N3O3/c1-14(2)7-22(27)25-12-19(13-25)28-18-8-16(4)24-20(10-18)21(26)9-17-6-5-15(3)11-23-17/h5-6,8,10-11,14,19H,7,9,12-13H2,1-4H3. The number of aryl methyl sites for hydroxylation is 2. The van der Waals surface area contributed by atoms with E-state index < -0.39 is 0 Å². The molecule has 1 saturated heterocycles. The molecule has 3 rings (SSSR count). The molecular weight excluding hydrogens is 354 g/mol. The highest BCUT2D eigenvalue weighted by atomic mass is 16.5. The molecule has 2 aromatic rings. The molecule has 1 amide bonds. The van der Waals surface area contributed by atoms with Crippen molar-refractivity contribution in [1.82, 2.24) is 14.9 Å². The van der Waals surface area contributed by atoms with Gasteiger partial charge in [0.05, 0.1) is 19.5 Å². The summed E-state index contributed by atoms with van der Waals surface area (Å²) < 4.78 is 5.97. The maximum Gasteiger partial charge on any atom is 0.223 e. The Labute approximate surface area is 165 Å². The van der Waals surface area contributed by atoms with E-state index in [1.807, 2.05) is 50.8 Å². The Morgan fingerprint density at radius 1 is 1.21 bits per heavy atom. The van der Waals surface area contributed by atoms with Gasteiger partial charge in [0, 0.05) is 36.1 Å². The highest BCUT2D eigenvalue weighted by Gasteiger charge is 2.32. The van der Waals surface area contributed by atoms with E-state index in [4.69, 9.17) is 4.74 Å². The number of nitrogens with zero attached hydrogens (tertiary/aromatic N) is 3. The average molecular weight is 381 g/mol. The zero-order valence-corrected chi connectivity index (χ0v) is 16.9. The van der Waals surface area contributed by atoms with Gasteiger partial charge in [-0.1, -0.05) is 19.9 Å². The maximum absolute atomic E-state index is 12.6. The quantitative estimate of drug-likeness (QED) is 0.689. The molecule has 6 heteroatoms. The molecule has 1 aliphatic heterocycles. The normalized spacial score (nSPS) is 14.1. The van der Waals surface area contributed by atoms with E-state index in [1.54, 1.807) is 12.3 Å². The molecule has 0 saturated carbocycles. The number of Topliss-reactive ketones (excluding diaryl/α,β-unsaturated/α-hetero) is 1. The Balaban J connectivity index is 1.60. The minimum atomic E-state index is -0.0905. The van der Waals surface area contributed by atoms with Gasteiger partial charge in [0.2, 0.25) is 5.91 Å². The molecule has 0 aromatic carbocycles. The number of hydrogen-bond donors (Lipinski definition) is 0. The first-order valence-corrected chi connectivity index (χ1v) is 9.68. The van der Waals surface area contributed by atoms with Crippen LogP contribution in [0.4, 0.5) is 0 Å². The van der Waals surface area contributed by atoms with Crippen molar-refractivity contribution in [2.75, 3.05) is 13.1 Å². The lowest BCUT2D eigenvalue weighted by Crippen LogP contribution is -2.56. The molecule has 148 valence electrons. The van der Waals surface area contributed by atoms with Crippen molar-refractivity contribution in [3.8, 4) is 5.75 Å². The minimum Gasteiger partial charge on any atom is -0.487 e. The van der Waals surface area contributed by atoms with Crippen LogP contribution in [0.15, 0.2) is 30.5 Å². The molecule has 0 unspecified atom stereocenters. The van der Waals surface area contributed by atoms with Crippen molar-refractivity contribution in [2.24, 2.45) is 5.92 Å². The van der Waals surface area contributed by atoms with Gasteiger partial charge in [-0.25, -0.2) is 4.98 Å². The molecule has 0 N–H and O–H groups in total. The summed E-state index contributed by atoms with van der Waals surface area (Å²) >= 11 is 0. The Hall–Kier alpha value is -2.76. The SMILES string of the molecule is Cc1ccc(CC(=O)c2cc(OC3CN(C(=O)CC(C)C)C3)cc(C)n2)nc1. The smallest absolute Gasteiger partial charge is 0.223 e. The lowest BCUT2D eigenvalue weighted by Gasteiger charge is -2.39. The third-order valence-corrected chi connectivity index (χ3v) is 4.61. The van der Waals surface area contributed by atoms with Crippen LogP contribution in [0.3, 0.4) is 0 Å². The molecule has 0 aliphatic carbocycles. The number of carbonyl (C=O) groups excluding carboxylic acids is 2. The van der Waals surface area contributed by atoms with Crippen LogP contribution in [0.25, 0.3) is 0 Å². The van der Waals surface area contributed by atoms with Crippen LogP contribution < -0.4 is 4.74 Å². The highest BCUT2D eigenvalue weighted by Crippen LogP contribution is 2.22. The highest BCUT2D eigenvalue weighted by molar-refractivity contribution is 5.95. The van der Waals surface area contributed by atoms with Crippen LogP contribution in [0.1, 0.15) is 47.7 Å². The predicted octanol–water partition coefficient (Wildman–Crippen LogP) is 3.15. The van der Waals surface area contributed by atoms with Gasteiger partial charge in [-0.3, -0.25) is 14.6 Å². The van der Waals surface area contributed by atoms with Crippen LogP contribution in [0.2, 0.25) is 0 Å². The van der Waals surface area contributed by atoms with Crippen molar-refractivity contribution < 1.29 is 14.3 Å². The summed E-state index contributed by atoms with van der Waals surface area (Å²) in [6, 6.07) is 7.30. The third-order valence-electron chi connectivity index (χ3n) is 4.61. The first kappa shape index (κ1) is 20.0. The number of likely N-dealkylation sites (tertiary alicyclic amines) is 1. The Morgan fingerprint density at radius 3 is 2.61 bits per heavy atom. The summed E-state index contributed by atoms with van der Waals surface area (Å²) in [5, 5.41) is 0. The first-order chi connectivity index (χ1) is 13.3. The topological polar surface area (TPSA) is 72.4 Å². The Kier molecular flexibility index (Phi) is 6.07. The van der Waals surface area contributed by atoms with Crippen molar-refractivity contribution in [2.45, 2.75) is 46.6 Å². The van der Waals surface area contributed by atoms with Gasteiger partial charge < -0.3 is 9.64 Å². The van der Waals surface area contributed by atoms with E-state index >= 15 is 0 Å². The Morgan fingerprint density at radius 2 is 1.96 bits per heavy atom. The number of hydrogen-bond acceptors (Lipinski definition) is 5. The summed E-state index contributed by atoms with van der Waals surface area (Å²) in [5.41, 5.74) is 2.89. The van der Waals surface area contributed by atoms with Gasteiger partial charge in [-0.2, -0.15) is 0 Å². The second-order valence-corrected chi connectivity index (χ2v) is 7.89. The number of ketones is 1. The first-order valence-electron chi connectivity index (χ1n) is 9.68. The summed E-state index contributed by atoms with van der Waals surface area (Å²) in [4.78, 5) is 35.1. The predicted molar refractivity (Wildman–Crippen MR) is 106 cm³/mol. The van der Waals surface area contributed by atoms with Gasteiger partial charge in [-0.05, 0) is 31.4 Å². The third kappa shape index (κ3) is 5.15. The van der Waals surface area contributed by atoms with Gasteiger partial charge in [0.1, 0.15) is 17.5 Å². The summed E-state index contributed by atoms with van der Waals surface area (Å²) in [7, 11) is 0. The van der Waals surface area contributed by atoms with Crippen LogP contribution in [0, 0.1) is 19.8 Å². The molecule has 3 heterocycles. The van der Waals surface area contributed by atoms with Crippen LogP contribution in [0.5, 0.6) is 5.75 Å². The summed E-state index contributed by atoms with van der Waals surface area (Å²) in [6.45, 7) is 9.05. The zero-order valence-electron chi connectivity index (χ0n) is 16.9. The van der Waals surface area contributed by atoms with Gasteiger partial charge in [0.15, 0.2) is 5.78 Å². The molecule has 2 aromatic heterocycles. The van der Waals surface area contributed by atoms with Crippen LogP contribution in [-0.4, -0.2) is 45.8 Å². The zero-order chi connectivity index (χ0) is 20.3. The van der Waals surface area contributed by atoms with E-state index in [-0.39, 0.29) is 24.2 Å². The van der Waals surface area contributed by atoms with E-state index in [1.165, 1.54) is 0 Å². The lowest BCUT2D eigenvalue weighted by molar-refractivity contribution is -0.140. The van der Waals surface area contributed by atoms with Gasteiger partial charge >= 0.3 is 0 Å².